The third-order valence-corrected chi connectivity index (χ3v) is 2.27. The third-order valence-electron chi connectivity index (χ3n) is 2.27. The van der Waals surface area contributed by atoms with Crippen molar-refractivity contribution in [3.63, 3.8) is 0 Å². The molecule has 2 aromatic rings. The van der Waals surface area contributed by atoms with Crippen LogP contribution in [0.25, 0.3) is 10.9 Å². The van der Waals surface area contributed by atoms with Crippen LogP contribution in [0.15, 0.2) is 29.1 Å². The van der Waals surface area contributed by atoms with Crippen LogP contribution in [0.3, 0.4) is 0 Å². The molecule has 4 heteroatoms. The van der Waals surface area contributed by atoms with E-state index in [9.17, 15) is 9.90 Å². The number of H-pyrrole nitrogens is 1. The molecule has 0 aliphatic rings. The quantitative estimate of drug-likeness (QED) is 0.830. The lowest BCUT2D eigenvalue weighted by Crippen LogP contribution is -2.03. The van der Waals surface area contributed by atoms with E-state index in [1.165, 1.54) is 0 Å². The van der Waals surface area contributed by atoms with Crippen LogP contribution in [0.2, 0.25) is 0 Å². The van der Waals surface area contributed by atoms with Gasteiger partial charge in [-0.2, -0.15) is 0 Å². The van der Waals surface area contributed by atoms with Gasteiger partial charge in [-0.1, -0.05) is 6.92 Å². The summed E-state index contributed by atoms with van der Waals surface area (Å²) in [5.41, 5.74) is 0.260. The molecule has 0 radical (unpaired) electrons. The number of aromatic nitrogens is 1. The van der Waals surface area contributed by atoms with Gasteiger partial charge in [-0.25, -0.2) is 0 Å². The standard InChI is InChI=1S/C12H13NO3/c1-2-5-16-8-3-4-9-10(6-8)13-12(15)7-11(9)14/h3-4,6-7H,2,5H2,1H3,(H2,13,14,15). The molecule has 0 atom stereocenters. The molecule has 0 unspecified atom stereocenters. The van der Waals surface area contributed by atoms with Crippen LogP contribution in [0.1, 0.15) is 13.3 Å². The fourth-order valence-corrected chi connectivity index (χ4v) is 1.53. The van der Waals surface area contributed by atoms with Crippen molar-refractivity contribution in [2.75, 3.05) is 6.61 Å². The Morgan fingerprint density at radius 1 is 1.38 bits per heavy atom. The molecule has 1 aromatic heterocycles. The first-order valence-corrected chi connectivity index (χ1v) is 5.19. The first-order valence-electron chi connectivity index (χ1n) is 5.19. The molecular weight excluding hydrogens is 206 g/mol. The summed E-state index contributed by atoms with van der Waals surface area (Å²) >= 11 is 0. The van der Waals surface area contributed by atoms with Crippen molar-refractivity contribution >= 4 is 10.9 Å². The van der Waals surface area contributed by atoms with Gasteiger partial charge >= 0.3 is 0 Å². The molecule has 0 fully saturated rings. The number of ether oxygens (including phenoxy) is 1. The maximum atomic E-state index is 11.2. The molecule has 84 valence electrons. The maximum absolute atomic E-state index is 11.2. The normalized spacial score (nSPS) is 10.6. The number of benzene rings is 1. The number of nitrogens with one attached hydrogen (secondary N) is 1. The van der Waals surface area contributed by atoms with Crippen LogP contribution >= 0.6 is 0 Å². The average Bonchev–Trinajstić information content (AvgIpc) is 2.25. The van der Waals surface area contributed by atoms with Crippen LogP contribution < -0.4 is 10.3 Å². The fraction of sp³-hybridized carbons (Fsp3) is 0.250. The smallest absolute Gasteiger partial charge is 0.252 e. The topological polar surface area (TPSA) is 62.3 Å². The molecule has 0 aliphatic carbocycles. The first kappa shape index (κ1) is 10.5. The van der Waals surface area contributed by atoms with Crippen molar-refractivity contribution in [3.05, 3.63) is 34.6 Å². The van der Waals surface area contributed by atoms with Crippen molar-refractivity contribution in [2.24, 2.45) is 0 Å². The number of fused-ring (bicyclic) bond motifs is 1. The van der Waals surface area contributed by atoms with Crippen molar-refractivity contribution in [1.82, 2.24) is 4.98 Å². The zero-order chi connectivity index (χ0) is 11.5. The highest BCUT2D eigenvalue weighted by Gasteiger charge is 2.03. The number of hydrogen-bond acceptors (Lipinski definition) is 3. The van der Waals surface area contributed by atoms with Gasteiger partial charge in [0, 0.05) is 17.5 Å². The minimum atomic E-state index is -0.322. The Hall–Kier alpha value is -1.97. The van der Waals surface area contributed by atoms with Gasteiger partial charge in [-0.3, -0.25) is 4.79 Å². The number of aromatic amines is 1. The highest BCUT2D eigenvalue weighted by atomic mass is 16.5. The third kappa shape index (κ3) is 2.00. The van der Waals surface area contributed by atoms with E-state index in [1.54, 1.807) is 18.2 Å². The molecule has 0 amide bonds. The summed E-state index contributed by atoms with van der Waals surface area (Å²) in [6, 6.07) is 6.38. The molecule has 4 nitrogen and oxygen atoms in total. The molecule has 0 saturated carbocycles. The molecular formula is C12H13NO3. The Morgan fingerprint density at radius 3 is 2.94 bits per heavy atom. The lowest BCUT2D eigenvalue weighted by Gasteiger charge is -2.06. The van der Waals surface area contributed by atoms with Gasteiger partial charge in [0.15, 0.2) is 0 Å². The Bertz CT molecular complexity index is 560. The summed E-state index contributed by atoms with van der Waals surface area (Å²) in [7, 11) is 0. The van der Waals surface area contributed by atoms with E-state index in [1.807, 2.05) is 6.92 Å². The molecule has 1 heterocycles. The number of hydrogen-bond donors (Lipinski definition) is 2. The second-order valence-electron chi connectivity index (χ2n) is 3.57. The number of rotatable bonds is 3. The van der Waals surface area contributed by atoms with Crippen molar-refractivity contribution in [1.29, 1.82) is 0 Å². The minimum absolute atomic E-state index is 0.0132. The Morgan fingerprint density at radius 2 is 2.19 bits per heavy atom. The van der Waals surface area contributed by atoms with E-state index in [4.69, 9.17) is 4.74 Å². The average molecular weight is 219 g/mol. The maximum Gasteiger partial charge on any atom is 0.252 e. The minimum Gasteiger partial charge on any atom is -0.507 e. The summed E-state index contributed by atoms with van der Waals surface area (Å²) in [4.78, 5) is 13.8. The van der Waals surface area contributed by atoms with Crippen molar-refractivity contribution in [2.45, 2.75) is 13.3 Å². The molecule has 0 saturated heterocycles. The number of aromatic hydroxyl groups is 1. The molecule has 0 spiro atoms. The van der Waals surface area contributed by atoms with Gasteiger partial charge < -0.3 is 14.8 Å². The fourth-order valence-electron chi connectivity index (χ4n) is 1.53. The first-order chi connectivity index (χ1) is 7.70. The zero-order valence-corrected chi connectivity index (χ0v) is 8.99. The summed E-state index contributed by atoms with van der Waals surface area (Å²) in [5, 5.41) is 10.2. The molecule has 1 aromatic carbocycles. The molecule has 0 bridgehead atoms. The summed E-state index contributed by atoms with van der Waals surface area (Å²) in [6.45, 7) is 2.66. The highest BCUT2D eigenvalue weighted by molar-refractivity contribution is 5.85. The highest BCUT2D eigenvalue weighted by Crippen LogP contribution is 2.24. The van der Waals surface area contributed by atoms with Gasteiger partial charge in [0.1, 0.15) is 11.5 Å². The predicted molar refractivity (Wildman–Crippen MR) is 62.0 cm³/mol. The number of pyridine rings is 1. The van der Waals surface area contributed by atoms with Crippen LogP contribution in [-0.4, -0.2) is 16.7 Å². The second-order valence-corrected chi connectivity index (χ2v) is 3.57. The molecule has 16 heavy (non-hydrogen) atoms. The largest absolute Gasteiger partial charge is 0.507 e. The SMILES string of the molecule is CCCOc1ccc2c(O)cc(=O)[nH]c2c1. The Labute approximate surface area is 92.5 Å². The van der Waals surface area contributed by atoms with Crippen LogP contribution in [0.4, 0.5) is 0 Å². The van der Waals surface area contributed by atoms with Gasteiger partial charge in [0.2, 0.25) is 0 Å². The lowest BCUT2D eigenvalue weighted by molar-refractivity contribution is 0.318. The Balaban J connectivity index is 2.49. The zero-order valence-electron chi connectivity index (χ0n) is 8.99. The van der Waals surface area contributed by atoms with Gasteiger partial charge in [0.25, 0.3) is 5.56 Å². The van der Waals surface area contributed by atoms with Crippen molar-refractivity contribution < 1.29 is 9.84 Å². The van der Waals surface area contributed by atoms with Crippen LogP contribution in [0.5, 0.6) is 11.5 Å². The van der Waals surface area contributed by atoms with Crippen LogP contribution in [0, 0.1) is 0 Å². The Kier molecular flexibility index (Phi) is 2.81. The second kappa shape index (κ2) is 4.26. The van der Waals surface area contributed by atoms with E-state index in [2.05, 4.69) is 4.98 Å². The van der Waals surface area contributed by atoms with E-state index in [0.717, 1.165) is 12.5 Å². The van der Waals surface area contributed by atoms with E-state index in [-0.39, 0.29) is 11.3 Å². The summed E-state index contributed by atoms with van der Waals surface area (Å²) in [6.07, 6.45) is 0.925. The van der Waals surface area contributed by atoms with E-state index >= 15 is 0 Å². The summed E-state index contributed by atoms with van der Waals surface area (Å²) < 4.78 is 5.44. The summed E-state index contributed by atoms with van der Waals surface area (Å²) in [5.74, 6) is 0.677. The molecule has 2 N–H and O–H groups in total. The monoisotopic (exact) mass is 219 g/mol. The van der Waals surface area contributed by atoms with Crippen molar-refractivity contribution in [3.8, 4) is 11.5 Å². The van der Waals surface area contributed by atoms with E-state index < -0.39 is 0 Å². The lowest BCUT2D eigenvalue weighted by atomic mass is 10.2. The van der Waals surface area contributed by atoms with E-state index in [0.29, 0.717) is 23.3 Å². The van der Waals surface area contributed by atoms with Gasteiger partial charge in [-0.15, -0.1) is 0 Å². The van der Waals surface area contributed by atoms with Crippen LogP contribution in [-0.2, 0) is 0 Å². The van der Waals surface area contributed by atoms with Gasteiger partial charge in [0.05, 0.1) is 12.1 Å². The predicted octanol–water partition coefficient (Wildman–Crippen LogP) is 2.02. The molecule has 0 aliphatic heterocycles. The molecule has 2 rings (SSSR count). The van der Waals surface area contributed by atoms with Gasteiger partial charge in [-0.05, 0) is 18.6 Å².